The van der Waals surface area contributed by atoms with Crippen molar-refractivity contribution in [1.29, 1.82) is 0 Å². The van der Waals surface area contributed by atoms with Crippen LogP contribution in [0.3, 0.4) is 0 Å². The Bertz CT molecular complexity index is 453. The molecule has 0 N–H and O–H groups in total. The quantitative estimate of drug-likeness (QED) is 0.602. The van der Waals surface area contributed by atoms with Gasteiger partial charge in [-0.3, -0.25) is 0 Å². The molecule has 2 aromatic rings. The average molecular weight is 236 g/mol. The van der Waals surface area contributed by atoms with E-state index in [2.05, 4.69) is 15.3 Å². The molecule has 0 aliphatic carbocycles. The van der Waals surface area contributed by atoms with Crippen LogP contribution in [0.25, 0.3) is 0 Å². The Morgan fingerprint density at radius 2 is 2.44 bits per heavy atom. The van der Waals surface area contributed by atoms with Gasteiger partial charge in [0.25, 0.3) is 0 Å². The maximum absolute atomic E-state index is 5.17. The molecule has 2 heterocycles. The van der Waals surface area contributed by atoms with Crippen LogP contribution in [0.2, 0.25) is 0 Å². The number of aryl methyl sites for hydroxylation is 1. The second-order valence-corrected chi connectivity index (χ2v) is 3.80. The van der Waals surface area contributed by atoms with E-state index in [1.807, 2.05) is 25.3 Å². The topological polar surface area (TPSA) is 56.2 Å². The molecule has 0 saturated heterocycles. The Labute approximate surface area is 97.6 Å². The molecule has 0 aliphatic heterocycles. The Kier molecular flexibility index (Phi) is 3.40. The molecule has 0 fully saturated rings. The van der Waals surface area contributed by atoms with Gasteiger partial charge in [0.2, 0.25) is 5.16 Å². The van der Waals surface area contributed by atoms with Crippen molar-refractivity contribution in [3.8, 4) is 0 Å². The average Bonchev–Trinajstić information content (AvgIpc) is 2.94. The number of thioether (sulfide) groups is 1. The molecule has 2 rings (SSSR count). The lowest BCUT2D eigenvalue weighted by atomic mass is 10.5. The minimum absolute atomic E-state index is 0.711. The van der Waals surface area contributed by atoms with E-state index in [0.717, 1.165) is 17.4 Å². The van der Waals surface area contributed by atoms with Crippen molar-refractivity contribution in [2.24, 2.45) is 5.10 Å². The van der Waals surface area contributed by atoms with Crippen LogP contribution >= 0.6 is 11.8 Å². The first kappa shape index (κ1) is 10.9. The molecule has 0 aliphatic rings. The Balaban J connectivity index is 2.29. The van der Waals surface area contributed by atoms with Crippen molar-refractivity contribution in [3.63, 3.8) is 0 Å². The van der Waals surface area contributed by atoms with E-state index in [0.29, 0.717) is 5.76 Å². The Morgan fingerprint density at radius 3 is 3.06 bits per heavy atom. The molecule has 0 unspecified atom stereocenters. The molecule has 0 spiro atoms. The van der Waals surface area contributed by atoms with Crippen LogP contribution in [0.1, 0.15) is 18.5 Å². The van der Waals surface area contributed by atoms with Gasteiger partial charge in [0.1, 0.15) is 5.76 Å². The fourth-order valence-electron chi connectivity index (χ4n) is 1.24. The van der Waals surface area contributed by atoms with Gasteiger partial charge in [0, 0.05) is 6.42 Å². The zero-order valence-corrected chi connectivity index (χ0v) is 9.94. The van der Waals surface area contributed by atoms with Crippen molar-refractivity contribution in [3.05, 3.63) is 30.0 Å². The lowest BCUT2D eigenvalue weighted by Gasteiger charge is -1.99. The summed E-state index contributed by atoms with van der Waals surface area (Å²) < 4.78 is 6.90. The molecular weight excluding hydrogens is 224 g/mol. The summed E-state index contributed by atoms with van der Waals surface area (Å²) in [6, 6.07) is 3.67. The highest BCUT2D eigenvalue weighted by atomic mass is 32.2. The van der Waals surface area contributed by atoms with Crippen molar-refractivity contribution in [1.82, 2.24) is 14.9 Å². The fourth-order valence-corrected chi connectivity index (χ4v) is 1.69. The van der Waals surface area contributed by atoms with Crippen LogP contribution in [0, 0.1) is 0 Å². The summed E-state index contributed by atoms with van der Waals surface area (Å²) in [6.07, 6.45) is 6.01. The highest BCUT2D eigenvalue weighted by molar-refractivity contribution is 7.98. The highest BCUT2D eigenvalue weighted by Crippen LogP contribution is 2.13. The number of furan rings is 1. The number of nitrogens with zero attached hydrogens (tertiary/aromatic N) is 4. The van der Waals surface area contributed by atoms with Gasteiger partial charge in [-0.2, -0.15) is 9.78 Å². The number of aromatic nitrogens is 3. The normalized spacial score (nSPS) is 11.4. The lowest BCUT2D eigenvalue weighted by Crippen LogP contribution is -1.98. The first-order valence-electron chi connectivity index (χ1n) is 4.91. The highest BCUT2D eigenvalue weighted by Gasteiger charge is 2.07. The third-order valence-corrected chi connectivity index (χ3v) is 2.64. The molecule has 84 valence electrons. The molecule has 0 saturated carbocycles. The zero-order valence-electron chi connectivity index (χ0n) is 9.12. The minimum atomic E-state index is 0.711. The van der Waals surface area contributed by atoms with Gasteiger partial charge in [0.15, 0.2) is 5.82 Å². The zero-order chi connectivity index (χ0) is 11.4. The van der Waals surface area contributed by atoms with E-state index in [1.165, 1.54) is 11.8 Å². The molecular formula is C10H12N4OS. The number of hydrogen-bond donors (Lipinski definition) is 0. The first-order valence-corrected chi connectivity index (χ1v) is 6.13. The standard InChI is InChI=1S/C10H12N4OS/c1-3-9-12-13-10(16-2)14(9)11-7-8-5-4-6-15-8/h4-7H,3H2,1-2H3/b11-7-. The van der Waals surface area contributed by atoms with E-state index in [9.17, 15) is 0 Å². The van der Waals surface area contributed by atoms with Gasteiger partial charge in [-0.25, -0.2) is 0 Å². The maximum atomic E-state index is 5.17. The third-order valence-electron chi connectivity index (χ3n) is 2.02. The summed E-state index contributed by atoms with van der Waals surface area (Å²) in [7, 11) is 0. The smallest absolute Gasteiger partial charge is 0.211 e. The molecule has 16 heavy (non-hydrogen) atoms. The SMILES string of the molecule is CCc1nnc(SC)n1/N=C\c1ccco1. The van der Waals surface area contributed by atoms with Crippen molar-refractivity contribution < 1.29 is 4.42 Å². The van der Waals surface area contributed by atoms with E-state index in [-0.39, 0.29) is 0 Å². The van der Waals surface area contributed by atoms with E-state index in [1.54, 1.807) is 17.2 Å². The number of hydrogen-bond acceptors (Lipinski definition) is 5. The van der Waals surface area contributed by atoms with E-state index in [4.69, 9.17) is 4.42 Å². The Morgan fingerprint density at radius 1 is 1.56 bits per heavy atom. The van der Waals surface area contributed by atoms with E-state index >= 15 is 0 Å². The van der Waals surface area contributed by atoms with Crippen LogP contribution in [-0.4, -0.2) is 27.3 Å². The minimum Gasteiger partial charge on any atom is -0.463 e. The van der Waals surface area contributed by atoms with Gasteiger partial charge < -0.3 is 4.42 Å². The predicted octanol–water partition coefficient (Wildman–Crippen LogP) is 2.04. The second-order valence-electron chi connectivity index (χ2n) is 3.03. The molecule has 0 atom stereocenters. The van der Waals surface area contributed by atoms with Gasteiger partial charge in [-0.15, -0.1) is 10.2 Å². The molecule has 2 aromatic heterocycles. The molecule has 0 amide bonds. The third kappa shape index (κ3) is 2.16. The predicted molar refractivity (Wildman–Crippen MR) is 62.9 cm³/mol. The second kappa shape index (κ2) is 4.98. The van der Waals surface area contributed by atoms with Crippen LogP contribution in [0.15, 0.2) is 33.1 Å². The van der Waals surface area contributed by atoms with Crippen molar-refractivity contribution in [2.45, 2.75) is 18.5 Å². The van der Waals surface area contributed by atoms with Crippen molar-refractivity contribution in [2.75, 3.05) is 6.26 Å². The fraction of sp³-hybridized carbons (Fsp3) is 0.300. The molecule has 0 bridgehead atoms. The molecule has 0 aromatic carbocycles. The largest absolute Gasteiger partial charge is 0.463 e. The molecule has 6 heteroatoms. The summed E-state index contributed by atoms with van der Waals surface area (Å²) in [5, 5.41) is 13.2. The van der Waals surface area contributed by atoms with Gasteiger partial charge in [0.05, 0.1) is 12.5 Å². The van der Waals surface area contributed by atoms with Crippen LogP contribution < -0.4 is 0 Å². The van der Waals surface area contributed by atoms with Gasteiger partial charge >= 0.3 is 0 Å². The van der Waals surface area contributed by atoms with Crippen LogP contribution in [0.5, 0.6) is 0 Å². The van der Waals surface area contributed by atoms with E-state index < -0.39 is 0 Å². The van der Waals surface area contributed by atoms with Gasteiger partial charge in [-0.1, -0.05) is 18.7 Å². The van der Waals surface area contributed by atoms with Crippen LogP contribution in [0.4, 0.5) is 0 Å². The summed E-state index contributed by atoms with van der Waals surface area (Å²) in [4.78, 5) is 0. The van der Waals surface area contributed by atoms with Crippen molar-refractivity contribution >= 4 is 18.0 Å². The Hall–Kier alpha value is -1.56. The summed E-state index contributed by atoms with van der Waals surface area (Å²) in [6.45, 7) is 2.02. The molecule has 0 radical (unpaired) electrons. The number of rotatable bonds is 4. The maximum Gasteiger partial charge on any atom is 0.211 e. The molecule has 5 nitrogen and oxygen atoms in total. The van der Waals surface area contributed by atoms with Crippen LogP contribution in [-0.2, 0) is 6.42 Å². The summed E-state index contributed by atoms with van der Waals surface area (Å²) in [5.41, 5.74) is 0. The lowest BCUT2D eigenvalue weighted by molar-refractivity contribution is 0.558. The summed E-state index contributed by atoms with van der Waals surface area (Å²) >= 11 is 1.51. The first-order chi connectivity index (χ1) is 7.85. The monoisotopic (exact) mass is 236 g/mol. The van der Waals surface area contributed by atoms with Gasteiger partial charge in [-0.05, 0) is 18.4 Å². The summed E-state index contributed by atoms with van der Waals surface area (Å²) in [5.74, 6) is 1.55.